The minimum atomic E-state index is -2.11. The summed E-state index contributed by atoms with van der Waals surface area (Å²) in [6.45, 7) is 51.2. The van der Waals surface area contributed by atoms with E-state index in [4.69, 9.17) is 4.43 Å². The maximum atomic E-state index is 7.52. The van der Waals surface area contributed by atoms with Crippen molar-refractivity contribution in [1.29, 1.82) is 0 Å². The van der Waals surface area contributed by atoms with Gasteiger partial charge in [0.1, 0.15) is 0 Å². The molecule has 1 radical (unpaired) electrons. The van der Waals surface area contributed by atoms with Gasteiger partial charge in [-0.25, -0.2) is 0 Å². The van der Waals surface area contributed by atoms with E-state index in [0.717, 1.165) is 0 Å². The molecule has 0 rings (SSSR count). The van der Waals surface area contributed by atoms with E-state index in [0.29, 0.717) is 20.2 Å². The molecule has 0 heterocycles. The molecule has 32 heavy (non-hydrogen) atoms. The summed E-state index contributed by atoms with van der Waals surface area (Å²) < 4.78 is 7.52. The SMILES string of the molecule is CO[Si]([Si]([Si](C)(C)C(C)(C)C)[Si](C)(C)C(C)(C)C)([Si](C)(C)C(C)(C)C)[Si](C)(C)C(C)(C)C. The zero-order valence-corrected chi connectivity index (χ0v) is 32.4. The third-order valence-electron chi connectivity index (χ3n) is 11.2. The van der Waals surface area contributed by atoms with E-state index < -0.39 is 44.6 Å². The van der Waals surface area contributed by atoms with Gasteiger partial charge in [-0.05, 0) is 20.2 Å². The van der Waals surface area contributed by atoms with E-state index >= 15 is 0 Å². The van der Waals surface area contributed by atoms with Gasteiger partial charge in [0.05, 0.1) is 22.5 Å². The fourth-order valence-electron chi connectivity index (χ4n) is 5.49. The quantitative estimate of drug-likeness (QED) is 0.301. The fraction of sp³-hybridized carbons (Fsp3) is 1.00. The first-order valence-electron chi connectivity index (χ1n) is 12.9. The lowest BCUT2D eigenvalue weighted by atomic mass is 10.2. The van der Waals surface area contributed by atoms with E-state index in [1.165, 1.54) is 0 Å². The van der Waals surface area contributed by atoms with Crippen molar-refractivity contribution in [1.82, 2.24) is 0 Å². The second-order valence-corrected chi connectivity index (χ2v) is 73.1. The van der Waals surface area contributed by atoms with E-state index in [1.807, 2.05) is 0 Å². The normalized spacial score (nSPS) is 16.7. The smallest absolute Gasteiger partial charge is 0.152 e. The third-order valence-corrected chi connectivity index (χ3v) is 129. The second kappa shape index (κ2) is 8.98. The van der Waals surface area contributed by atoms with Crippen molar-refractivity contribution in [3.8, 4) is 0 Å². The van der Waals surface area contributed by atoms with Gasteiger partial charge in [0, 0.05) is 22.3 Å². The van der Waals surface area contributed by atoms with E-state index in [9.17, 15) is 0 Å². The second-order valence-electron chi connectivity index (χ2n) is 16.8. The van der Waals surface area contributed by atoms with E-state index in [2.05, 4.69) is 143 Å². The molecule has 0 unspecified atom stereocenters. The molecule has 0 fully saturated rings. The Labute approximate surface area is 211 Å². The lowest BCUT2D eigenvalue weighted by Gasteiger charge is -2.69. The largest absolute Gasteiger partial charge is 0.430 e. The Balaban J connectivity index is 8.24. The first kappa shape index (κ1) is 33.3. The van der Waals surface area contributed by atoms with Crippen LogP contribution in [0.2, 0.25) is 72.5 Å². The highest BCUT2D eigenvalue weighted by Gasteiger charge is 2.76. The van der Waals surface area contributed by atoms with Crippen LogP contribution in [0.4, 0.5) is 0 Å². The first-order chi connectivity index (χ1) is 13.4. The average Bonchev–Trinajstić information content (AvgIpc) is 2.46. The van der Waals surface area contributed by atoms with Gasteiger partial charge in [-0.3, -0.25) is 0 Å². The van der Waals surface area contributed by atoms with Crippen LogP contribution < -0.4 is 0 Å². The van der Waals surface area contributed by atoms with Gasteiger partial charge in [0.25, 0.3) is 0 Å². The maximum absolute atomic E-state index is 7.52. The van der Waals surface area contributed by atoms with Crippen LogP contribution in [-0.4, -0.2) is 51.7 Å². The summed E-state index contributed by atoms with van der Waals surface area (Å²) in [7, 11) is -5.36. The summed E-state index contributed by atoms with van der Waals surface area (Å²) in [6, 6.07) is 0. The molecule has 193 valence electrons. The Morgan fingerprint density at radius 3 is 0.781 bits per heavy atom. The Bertz CT molecular complexity index is 600. The summed E-state index contributed by atoms with van der Waals surface area (Å²) >= 11 is 0. The molecule has 0 aromatic carbocycles. The molecule has 0 atom stereocenters. The van der Waals surface area contributed by atoms with Crippen LogP contribution in [0.25, 0.3) is 0 Å². The first-order valence-corrected chi connectivity index (χ1v) is 33.3. The molecule has 0 amide bonds. The van der Waals surface area contributed by atoms with Gasteiger partial charge >= 0.3 is 0 Å². The molecule has 0 aromatic heterocycles. The highest BCUT2D eigenvalue weighted by molar-refractivity contribution is 8.03. The molecule has 0 spiro atoms. The lowest BCUT2D eigenvalue weighted by molar-refractivity contribution is 0.432. The molecule has 7 heteroatoms. The van der Waals surface area contributed by atoms with Gasteiger partial charge < -0.3 is 4.43 Å². The van der Waals surface area contributed by atoms with Crippen LogP contribution in [0, 0.1) is 0 Å². The third kappa shape index (κ3) is 4.92. The minimum Gasteiger partial charge on any atom is -0.430 e. The molecule has 0 aliphatic carbocycles. The molecule has 0 aromatic rings. The molecule has 0 aliphatic rings. The standard InChI is InChI=1S/C25H63OSi6/c1-22(2,3)28(14,15)27(29(16,17)23(4,5)6)32(26-13,30(18,19)24(7,8)9)31(20,21)25(10,11)12/h1-21H3. The number of hydrogen-bond donors (Lipinski definition) is 0. The van der Waals surface area contributed by atoms with Crippen LogP contribution in [0.3, 0.4) is 0 Å². The Kier molecular flexibility index (Phi) is 9.33. The van der Waals surface area contributed by atoms with Crippen molar-refractivity contribution in [3.05, 3.63) is 0 Å². The van der Waals surface area contributed by atoms with Gasteiger partial charge in [-0.15, -0.1) is 0 Å². The molecular formula is C25H63OSi6. The average molecular weight is 548 g/mol. The van der Waals surface area contributed by atoms with Crippen LogP contribution in [0.1, 0.15) is 83.1 Å². The van der Waals surface area contributed by atoms with Crippen LogP contribution in [0.15, 0.2) is 0 Å². The van der Waals surface area contributed by atoms with Gasteiger partial charge in [-0.2, -0.15) is 0 Å². The molecule has 0 N–H and O–H groups in total. The Hall–Kier alpha value is 1.26. The van der Waals surface area contributed by atoms with Crippen LogP contribution >= 0.6 is 0 Å². The fourth-order valence-corrected chi connectivity index (χ4v) is 201. The Morgan fingerprint density at radius 2 is 0.656 bits per heavy atom. The van der Waals surface area contributed by atoms with Crippen molar-refractivity contribution in [3.63, 3.8) is 0 Å². The highest BCUT2D eigenvalue weighted by Crippen LogP contribution is 2.58. The molecule has 0 aliphatic heterocycles. The Morgan fingerprint density at radius 1 is 0.438 bits per heavy atom. The van der Waals surface area contributed by atoms with Crippen LogP contribution in [-0.2, 0) is 4.43 Å². The molecule has 0 saturated carbocycles. The van der Waals surface area contributed by atoms with Gasteiger partial charge in [-0.1, -0.05) is 135 Å². The van der Waals surface area contributed by atoms with Crippen molar-refractivity contribution in [2.24, 2.45) is 0 Å². The topological polar surface area (TPSA) is 9.23 Å². The van der Waals surface area contributed by atoms with Crippen molar-refractivity contribution < 1.29 is 4.43 Å². The summed E-state index contributed by atoms with van der Waals surface area (Å²) in [5.41, 5.74) is 0. The van der Waals surface area contributed by atoms with Crippen molar-refractivity contribution in [2.75, 3.05) is 7.11 Å². The van der Waals surface area contributed by atoms with Gasteiger partial charge in [0.2, 0.25) is 0 Å². The van der Waals surface area contributed by atoms with E-state index in [1.54, 1.807) is 0 Å². The zero-order valence-electron chi connectivity index (χ0n) is 26.4. The summed E-state index contributed by atoms with van der Waals surface area (Å²) in [4.78, 5) is 0. The monoisotopic (exact) mass is 547 g/mol. The molecule has 0 bridgehead atoms. The number of hydrogen-bond acceptors (Lipinski definition) is 1. The van der Waals surface area contributed by atoms with Crippen molar-refractivity contribution in [2.45, 2.75) is 156 Å². The van der Waals surface area contributed by atoms with Crippen LogP contribution in [0.5, 0.6) is 0 Å². The maximum Gasteiger partial charge on any atom is 0.152 e. The highest BCUT2D eigenvalue weighted by atomic mass is 30.2. The lowest BCUT2D eigenvalue weighted by Crippen LogP contribution is -2.95. The molecule has 1 nitrogen and oxygen atoms in total. The molecule has 0 saturated heterocycles. The van der Waals surface area contributed by atoms with Crippen molar-refractivity contribution >= 4 is 44.6 Å². The molecular weight excluding hydrogens is 485 g/mol. The minimum absolute atomic E-state index is 0.353. The predicted molar refractivity (Wildman–Crippen MR) is 167 cm³/mol. The summed E-state index contributed by atoms with van der Waals surface area (Å²) in [6.07, 6.45) is 0. The summed E-state index contributed by atoms with van der Waals surface area (Å²) in [5.74, 6) is 0. The van der Waals surface area contributed by atoms with E-state index in [-0.39, 0.29) is 0 Å². The summed E-state index contributed by atoms with van der Waals surface area (Å²) in [5, 5.41) is 1.51. The zero-order chi connectivity index (χ0) is 26.8. The number of rotatable bonds is 6. The van der Waals surface area contributed by atoms with Gasteiger partial charge in [0.15, 0.2) is 6.87 Å². The predicted octanol–water partition coefficient (Wildman–Crippen LogP) is 9.50.